The Labute approximate surface area is 183 Å². The van der Waals surface area contributed by atoms with Crippen molar-refractivity contribution in [1.29, 1.82) is 5.26 Å². The van der Waals surface area contributed by atoms with Gasteiger partial charge >= 0.3 is 0 Å². The normalized spacial score (nSPS) is 36.5. The third-order valence-corrected chi connectivity index (χ3v) is 8.82. The van der Waals surface area contributed by atoms with E-state index in [1.54, 1.807) is 0 Å². The lowest BCUT2D eigenvalue weighted by Crippen LogP contribution is -2.63. The first kappa shape index (κ1) is 19.9. The maximum absolute atomic E-state index is 12.3. The van der Waals surface area contributed by atoms with Crippen molar-refractivity contribution in [2.75, 3.05) is 0 Å². The summed E-state index contributed by atoms with van der Waals surface area (Å²) in [5, 5.41) is 14.1. The van der Waals surface area contributed by atoms with E-state index in [1.165, 1.54) is 5.56 Å². The minimum atomic E-state index is -0.303. The van der Waals surface area contributed by atoms with Crippen molar-refractivity contribution in [1.82, 2.24) is 5.32 Å². The zero-order valence-electron chi connectivity index (χ0n) is 17.2. The van der Waals surface area contributed by atoms with Gasteiger partial charge in [0.05, 0.1) is 5.41 Å². The molecule has 2 unspecified atom stereocenters. The zero-order chi connectivity index (χ0) is 20.9. The van der Waals surface area contributed by atoms with Crippen molar-refractivity contribution < 1.29 is 4.79 Å². The van der Waals surface area contributed by atoms with E-state index in [4.69, 9.17) is 17.3 Å². The van der Waals surface area contributed by atoms with Gasteiger partial charge in [0.2, 0.25) is 12.1 Å². The molecule has 0 spiro atoms. The largest absolute Gasteiger partial charge is 0.369 e. The van der Waals surface area contributed by atoms with Gasteiger partial charge in [-0.2, -0.15) is 10.3 Å². The fourth-order valence-electron chi connectivity index (χ4n) is 7.46. The zero-order valence-corrected chi connectivity index (χ0v) is 18.0. The molecule has 0 aromatic heterocycles. The van der Waals surface area contributed by atoms with E-state index in [0.717, 1.165) is 68.6 Å². The smallest absolute Gasteiger partial charge is 0.223 e. The van der Waals surface area contributed by atoms with Crippen molar-refractivity contribution in [3.05, 3.63) is 34.9 Å². The summed E-state index contributed by atoms with van der Waals surface area (Å²) >= 11 is 6.15. The van der Waals surface area contributed by atoms with Crippen molar-refractivity contribution in [3.8, 4) is 6.19 Å². The number of benzene rings is 1. The van der Waals surface area contributed by atoms with Crippen LogP contribution in [0.2, 0.25) is 5.02 Å². The summed E-state index contributed by atoms with van der Waals surface area (Å²) in [6, 6.07) is 8.30. The molecule has 5 nitrogen and oxygen atoms in total. The molecule has 0 aliphatic heterocycles. The predicted molar refractivity (Wildman–Crippen MR) is 117 cm³/mol. The monoisotopic (exact) mass is 424 g/mol. The number of nitrogens with zero attached hydrogens (tertiary/aromatic N) is 2. The van der Waals surface area contributed by atoms with Crippen LogP contribution < -0.4 is 11.1 Å². The Morgan fingerprint density at radius 3 is 2.33 bits per heavy atom. The number of carbonyl (C=O) groups is 1. The van der Waals surface area contributed by atoms with Crippen molar-refractivity contribution in [2.24, 2.45) is 33.9 Å². The second-order valence-electron chi connectivity index (χ2n) is 10.1. The molecule has 0 saturated heterocycles. The van der Waals surface area contributed by atoms with Gasteiger partial charge in [-0.25, -0.2) is 0 Å². The first-order valence-corrected chi connectivity index (χ1v) is 11.6. The summed E-state index contributed by atoms with van der Waals surface area (Å²) in [5.74, 6) is 2.17. The van der Waals surface area contributed by atoms with Crippen LogP contribution in [0.25, 0.3) is 0 Å². The molecule has 6 rings (SSSR count). The van der Waals surface area contributed by atoms with E-state index >= 15 is 0 Å². The van der Waals surface area contributed by atoms with Gasteiger partial charge in [-0.1, -0.05) is 36.6 Å². The lowest BCUT2D eigenvalue weighted by molar-refractivity contribution is -0.145. The number of hydrogen-bond acceptors (Lipinski definition) is 3. The number of nitriles is 1. The van der Waals surface area contributed by atoms with Gasteiger partial charge in [-0.15, -0.1) is 0 Å². The minimum absolute atomic E-state index is 0.111. The highest BCUT2D eigenvalue weighted by molar-refractivity contribution is 6.30. The number of hydrogen-bond donors (Lipinski definition) is 2. The first-order chi connectivity index (χ1) is 14.5. The minimum Gasteiger partial charge on any atom is -0.369 e. The van der Waals surface area contributed by atoms with Gasteiger partial charge in [-0.3, -0.25) is 4.79 Å². The molecular formula is C24H29ClN4O. The summed E-state index contributed by atoms with van der Waals surface area (Å²) in [6.07, 6.45) is 11.3. The summed E-state index contributed by atoms with van der Waals surface area (Å²) in [5.41, 5.74) is 6.48. The van der Waals surface area contributed by atoms with Crippen LogP contribution in [0.5, 0.6) is 0 Å². The Hall–Kier alpha value is -2.06. The maximum Gasteiger partial charge on any atom is 0.223 e. The Balaban J connectivity index is 1.46. The molecule has 5 aliphatic carbocycles. The summed E-state index contributed by atoms with van der Waals surface area (Å²) in [6.45, 7) is 0. The van der Waals surface area contributed by atoms with Gasteiger partial charge in [-0.05, 0) is 80.4 Å². The quantitative estimate of drug-likeness (QED) is 0.428. The van der Waals surface area contributed by atoms with E-state index in [2.05, 4.69) is 28.6 Å². The van der Waals surface area contributed by atoms with Crippen molar-refractivity contribution >= 4 is 23.3 Å². The highest BCUT2D eigenvalue weighted by atomic mass is 35.5. The lowest BCUT2D eigenvalue weighted by atomic mass is 9.47. The van der Waals surface area contributed by atoms with Crippen LogP contribution in [0.3, 0.4) is 0 Å². The van der Waals surface area contributed by atoms with Gasteiger partial charge in [0, 0.05) is 16.5 Å². The van der Waals surface area contributed by atoms with Crippen LogP contribution in [0.4, 0.5) is 0 Å². The van der Waals surface area contributed by atoms with E-state index in [0.29, 0.717) is 17.8 Å². The number of aliphatic imine (C=N–C) groups is 1. The number of amidine groups is 1. The van der Waals surface area contributed by atoms with Crippen molar-refractivity contribution in [2.45, 2.75) is 69.2 Å². The molecule has 1 aromatic rings. The van der Waals surface area contributed by atoms with E-state index in [-0.39, 0.29) is 22.8 Å². The Bertz CT molecular complexity index is 896. The number of primary amides is 1. The van der Waals surface area contributed by atoms with Crippen LogP contribution in [-0.2, 0) is 10.2 Å². The fraction of sp³-hybridized carbons (Fsp3) is 0.625. The van der Waals surface area contributed by atoms with Gasteiger partial charge in [0.15, 0.2) is 0 Å². The molecular weight excluding hydrogens is 396 g/mol. The third kappa shape index (κ3) is 3.03. The predicted octanol–water partition coefficient (Wildman–Crippen LogP) is 4.30. The van der Waals surface area contributed by atoms with E-state index in [9.17, 15) is 10.1 Å². The Kier molecular flexibility index (Phi) is 4.82. The van der Waals surface area contributed by atoms with Crippen LogP contribution in [0.1, 0.15) is 63.4 Å². The van der Waals surface area contributed by atoms with Crippen LogP contribution in [0.15, 0.2) is 29.3 Å². The van der Waals surface area contributed by atoms with Gasteiger partial charge in [0.25, 0.3) is 0 Å². The molecule has 3 N–H and O–H groups in total. The second-order valence-corrected chi connectivity index (χ2v) is 10.6. The molecule has 5 fully saturated rings. The highest BCUT2D eigenvalue weighted by Gasteiger charge is 2.58. The number of carbonyl (C=O) groups excluding carboxylic acids is 1. The second kappa shape index (κ2) is 7.27. The maximum atomic E-state index is 12.3. The number of amides is 1. The number of halogens is 1. The molecule has 2 atom stereocenters. The SMILES string of the molecule is N#C/N=C(\NC1C2CC3CC1CC(C(N)=O)(C3)C2)C1(c2ccc(Cl)cc2)CCCC1. The highest BCUT2D eigenvalue weighted by Crippen LogP contribution is 2.60. The number of nitrogens with one attached hydrogen (secondary N) is 1. The number of nitrogens with two attached hydrogens (primary N) is 1. The van der Waals surface area contributed by atoms with Gasteiger partial charge in [0.1, 0.15) is 5.84 Å². The van der Waals surface area contributed by atoms with Crippen LogP contribution in [0, 0.1) is 34.6 Å². The van der Waals surface area contributed by atoms with Gasteiger partial charge < -0.3 is 11.1 Å². The third-order valence-electron chi connectivity index (χ3n) is 8.57. The average molecular weight is 425 g/mol. The number of rotatable bonds is 4. The van der Waals surface area contributed by atoms with Crippen LogP contribution >= 0.6 is 11.6 Å². The average Bonchev–Trinajstić information content (AvgIpc) is 3.21. The molecule has 1 aromatic carbocycles. The molecule has 5 aliphatic rings. The van der Waals surface area contributed by atoms with Crippen LogP contribution in [-0.4, -0.2) is 17.8 Å². The summed E-state index contributed by atoms with van der Waals surface area (Å²) in [4.78, 5) is 16.6. The fourth-order valence-corrected chi connectivity index (χ4v) is 7.58. The molecule has 4 bridgehead atoms. The molecule has 30 heavy (non-hydrogen) atoms. The van der Waals surface area contributed by atoms with Crippen molar-refractivity contribution in [3.63, 3.8) is 0 Å². The first-order valence-electron chi connectivity index (χ1n) is 11.3. The van der Waals surface area contributed by atoms with E-state index in [1.807, 2.05) is 12.1 Å². The lowest BCUT2D eigenvalue weighted by Gasteiger charge is -2.59. The topological polar surface area (TPSA) is 91.3 Å². The summed E-state index contributed by atoms with van der Waals surface area (Å²) < 4.78 is 0. The standard InChI is InChI=1S/C24H29ClN4O/c25-19-5-3-18(4-6-19)24(7-1-2-8-24)22(28-14-26)29-20-16-9-15-10-17(20)13-23(11-15,12-16)21(27)30/h3-6,15-17,20H,1-2,7-13H2,(H2,27,30)(H,28,29). The summed E-state index contributed by atoms with van der Waals surface area (Å²) in [7, 11) is 0. The molecule has 6 heteroatoms. The molecule has 5 saturated carbocycles. The Morgan fingerprint density at radius 1 is 1.13 bits per heavy atom. The molecule has 0 heterocycles. The van der Waals surface area contributed by atoms with E-state index < -0.39 is 0 Å². The molecule has 1 amide bonds. The molecule has 158 valence electrons. The molecule has 0 radical (unpaired) electrons. The Morgan fingerprint density at radius 2 is 1.77 bits per heavy atom.